The van der Waals surface area contributed by atoms with Gasteiger partial charge in [-0.3, -0.25) is 4.90 Å². The van der Waals surface area contributed by atoms with Crippen LogP contribution in [0.25, 0.3) is 0 Å². The lowest BCUT2D eigenvalue weighted by molar-refractivity contribution is 0.0689. The molecule has 0 aromatic carbocycles. The van der Waals surface area contributed by atoms with Crippen LogP contribution in [0.3, 0.4) is 0 Å². The summed E-state index contributed by atoms with van der Waals surface area (Å²) in [6, 6.07) is 5.71. The van der Waals surface area contributed by atoms with Crippen molar-refractivity contribution >= 4 is 5.97 Å². The van der Waals surface area contributed by atoms with Crippen molar-refractivity contribution in [3.63, 3.8) is 0 Å². The molecule has 1 saturated heterocycles. The summed E-state index contributed by atoms with van der Waals surface area (Å²) in [5.41, 5.74) is 0.933. The zero-order chi connectivity index (χ0) is 13.0. The fourth-order valence-electron chi connectivity index (χ4n) is 2.32. The van der Waals surface area contributed by atoms with Crippen molar-refractivity contribution in [3.8, 4) is 0 Å². The SMILES string of the molecule is CN(Cc1cccc(C(=O)O)n1)C1CCNCC1. The molecule has 2 N–H and O–H groups in total. The Morgan fingerprint density at radius 2 is 2.22 bits per heavy atom. The molecule has 1 aliphatic heterocycles. The smallest absolute Gasteiger partial charge is 0.354 e. The predicted molar refractivity (Wildman–Crippen MR) is 68.6 cm³/mol. The number of hydrogen-bond acceptors (Lipinski definition) is 4. The highest BCUT2D eigenvalue weighted by atomic mass is 16.4. The second-order valence-corrected chi connectivity index (χ2v) is 4.72. The van der Waals surface area contributed by atoms with Gasteiger partial charge in [0, 0.05) is 12.6 Å². The summed E-state index contributed by atoms with van der Waals surface area (Å²) in [5.74, 6) is -0.971. The molecule has 2 rings (SSSR count). The Morgan fingerprint density at radius 1 is 1.50 bits per heavy atom. The van der Waals surface area contributed by atoms with E-state index in [0.29, 0.717) is 12.6 Å². The molecule has 0 aliphatic carbocycles. The average Bonchev–Trinajstić information content (AvgIpc) is 2.40. The van der Waals surface area contributed by atoms with E-state index in [1.807, 2.05) is 6.07 Å². The minimum absolute atomic E-state index is 0.117. The summed E-state index contributed by atoms with van der Waals surface area (Å²) in [6.07, 6.45) is 2.27. The van der Waals surface area contributed by atoms with Crippen LogP contribution in [0.5, 0.6) is 0 Å². The van der Waals surface area contributed by atoms with Crippen molar-refractivity contribution in [2.24, 2.45) is 0 Å². The maximum Gasteiger partial charge on any atom is 0.354 e. The number of carbonyl (C=O) groups is 1. The van der Waals surface area contributed by atoms with E-state index < -0.39 is 5.97 Å². The van der Waals surface area contributed by atoms with Crippen molar-refractivity contribution in [1.82, 2.24) is 15.2 Å². The number of aromatic carboxylic acids is 1. The van der Waals surface area contributed by atoms with Gasteiger partial charge in [0.1, 0.15) is 5.69 Å². The predicted octanol–water partition coefficient (Wildman–Crippen LogP) is 0.964. The maximum atomic E-state index is 10.9. The van der Waals surface area contributed by atoms with Crippen LogP contribution in [-0.4, -0.2) is 47.1 Å². The van der Waals surface area contributed by atoms with Gasteiger partial charge in [-0.25, -0.2) is 9.78 Å². The highest BCUT2D eigenvalue weighted by molar-refractivity contribution is 5.85. The normalized spacial score (nSPS) is 17.0. The molecule has 0 amide bonds. The fraction of sp³-hybridized carbons (Fsp3) is 0.538. The van der Waals surface area contributed by atoms with E-state index >= 15 is 0 Å². The first kappa shape index (κ1) is 13.0. The molecule has 0 atom stereocenters. The number of nitrogens with one attached hydrogen (secondary N) is 1. The van der Waals surface area contributed by atoms with E-state index in [1.54, 1.807) is 6.07 Å². The summed E-state index contributed by atoms with van der Waals surface area (Å²) >= 11 is 0. The zero-order valence-corrected chi connectivity index (χ0v) is 10.6. The lowest BCUT2D eigenvalue weighted by Gasteiger charge is -2.31. The van der Waals surface area contributed by atoms with Crippen LogP contribution in [-0.2, 0) is 6.54 Å². The lowest BCUT2D eigenvalue weighted by atomic mass is 10.1. The summed E-state index contributed by atoms with van der Waals surface area (Å²) in [6.45, 7) is 2.81. The molecule has 5 heteroatoms. The van der Waals surface area contributed by atoms with Crippen molar-refractivity contribution in [2.45, 2.75) is 25.4 Å². The van der Waals surface area contributed by atoms with E-state index in [9.17, 15) is 4.79 Å². The van der Waals surface area contributed by atoms with E-state index in [2.05, 4.69) is 22.2 Å². The van der Waals surface area contributed by atoms with Crippen LogP contribution in [0.1, 0.15) is 29.0 Å². The lowest BCUT2D eigenvalue weighted by Crippen LogP contribution is -2.40. The van der Waals surface area contributed by atoms with Gasteiger partial charge in [-0.2, -0.15) is 0 Å². The molecule has 98 valence electrons. The summed E-state index contributed by atoms with van der Waals surface area (Å²) in [4.78, 5) is 17.3. The number of aromatic nitrogens is 1. The van der Waals surface area contributed by atoms with Gasteiger partial charge in [0.2, 0.25) is 0 Å². The Labute approximate surface area is 107 Å². The van der Waals surface area contributed by atoms with Gasteiger partial charge in [-0.15, -0.1) is 0 Å². The molecular formula is C13H19N3O2. The third-order valence-electron chi connectivity index (χ3n) is 3.37. The number of nitrogens with zero attached hydrogens (tertiary/aromatic N) is 2. The highest BCUT2D eigenvalue weighted by Gasteiger charge is 2.18. The second kappa shape index (κ2) is 5.93. The summed E-state index contributed by atoms with van der Waals surface area (Å²) in [7, 11) is 2.07. The van der Waals surface area contributed by atoms with Gasteiger partial charge < -0.3 is 10.4 Å². The number of hydrogen-bond donors (Lipinski definition) is 2. The van der Waals surface area contributed by atoms with Gasteiger partial charge in [0.05, 0.1) is 5.69 Å². The quantitative estimate of drug-likeness (QED) is 0.832. The Morgan fingerprint density at radius 3 is 2.89 bits per heavy atom. The third kappa shape index (κ3) is 3.27. The van der Waals surface area contributed by atoms with Gasteiger partial charge in [-0.05, 0) is 45.1 Å². The largest absolute Gasteiger partial charge is 0.477 e. The monoisotopic (exact) mass is 249 g/mol. The minimum atomic E-state index is -0.971. The van der Waals surface area contributed by atoms with Gasteiger partial charge in [0.15, 0.2) is 0 Å². The fourth-order valence-corrected chi connectivity index (χ4v) is 2.32. The van der Waals surface area contributed by atoms with Crippen LogP contribution in [0.4, 0.5) is 0 Å². The number of carboxylic acid groups (broad SMARTS) is 1. The molecular weight excluding hydrogens is 230 g/mol. The van der Waals surface area contributed by atoms with E-state index in [0.717, 1.165) is 31.6 Å². The topological polar surface area (TPSA) is 65.5 Å². The molecule has 1 fully saturated rings. The third-order valence-corrected chi connectivity index (χ3v) is 3.37. The molecule has 5 nitrogen and oxygen atoms in total. The molecule has 0 saturated carbocycles. The van der Waals surface area contributed by atoms with Crippen molar-refractivity contribution in [1.29, 1.82) is 0 Å². The van der Waals surface area contributed by atoms with Crippen LogP contribution in [0.2, 0.25) is 0 Å². The number of pyridine rings is 1. The van der Waals surface area contributed by atoms with Crippen LogP contribution in [0, 0.1) is 0 Å². The first-order chi connectivity index (χ1) is 8.66. The Hall–Kier alpha value is -1.46. The van der Waals surface area contributed by atoms with Crippen molar-refractivity contribution in [3.05, 3.63) is 29.6 Å². The molecule has 0 radical (unpaired) electrons. The molecule has 2 heterocycles. The molecule has 18 heavy (non-hydrogen) atoms. The van der Waals surface area contributed by atoms with Crippen molar-refractivity contribution in [2.75, 3.05) is 20.1 Å². The first-order valence-corrected chi connectivity index (χ1v) is 6.27. The molecule has 1 aromatic heterocycles. The van der Waals surface area contributed by atoms with Gasteiger partial charge in [-0.1, -0.05) is 6.07 Å². The van der Waals surface area contributed by atoms with Crippen molar-refractivity contribution < 1.29 is 9.90 Å². The van der Waals surface area contributed by atoms with Gasteiger partial charge >= 0.3 is 5.97 Å². The number of piperidine rings is 1. The molecule has 0 bridgehead atoms. The zero-order valence-electron chi connectivity index (χ0n) is 10.6. The second-order valence-electron chi connectivity index (χ2n) is 4.72. The summed E-state index contributed by atoms with van der Waals surface area (Å²) < 4.78 is 0. The first-order valence-electron chi connectivity index (χ1n) is 6.27. The standard InChI is InChI=1S/C13H19N3O2/c1-16(11-5-7-14-8-6-11)9-10-3-2-4-12(15-10)13(17)18/h2-4,11,14H,5-9H2,1H3,(H,17,18). The highest BCUT2D eigenvalue weighted by Crippen LogP contribution is 2.12. The molecule has 0 unspecified atom stereocenters. The van der Waals surface area contributed by atoms with E-state index in [1.165, 1.54) is 6.07 Å². The molecule has 1 aliphatic rings. The summed E-state index contributed by atoms with van der Waals surface area (Å²) in [5, 5.41) is 12.2. The number of rotatable bonds is 4. The van der Waals surface area contributed by atoms with Crippen LogP contribution in [0.15, 0.2) is 18.2 Å². The number of carboxylic acids is 1. The van der Waals surface area contributed by atoms with E-state index in [4.69, 9.17) is 5.11 Å². The van der Waals surface area contributed by atoms with Crippen LogP contribution < -0.4 is 5.32 Å². The van der Waals surface area contributed by atoms with E-state index in [-0.39, 0.29) is 5.69 Å². The minimum Gasteiger partial charge on any atom is -0.477 e. The molecule has 0 spiro atoms. The van der Waals surface area contributed by atoms with Crippen LogP contribution >= 0.6 is 0 Å². The maximum absolute atomic E-state index is 10.9. The Balaban J connectivity index is 1.99. The average molecular weight is 249 g/mol. The van der Waals surface area contributed by atoms with Gasteiger partial charge in [0.25, 0.3) is 0 Å². The molecule has 1 aromatic rings. The Bertz CT molecular complexity index is 416. The Kier molecular flexibility index (Phi) is 4.28.